The molecular formula is C29H29F2N5O3. The van der Waals surface area contributed by atoms with Gasteiger partial charge in [0.25, 0.3) is 0 Å². The van der Waals surface area contributed by atoms with E-state index in [0.29, 0.717) is 37.9 Å². The molecular weight excluding hydrogens is 504 g/mol. The normalized spacial score (nSPS) is 15.4. The van der Waals surface area contributed by atoms with Gasteiger partial charge in [-0.25, -0.2) is 13.8 Å². The molecule has 1 fully saturated rings. The quantitative estimate of drug-likeness (QED) is 0.373. The Morgan fingerprint density at radius 2 is 1.77 bits per heavy atom. The van der Waals surface area contributed by atoms with Gasteiger partial charge in [-0.1, -0.05) is 42.5 Å². The summed E-state index contributed by atoms with van der Waals surface area (Å²) in [6, 6.07) is 17.2. The number of benzene rings is 3. The molecule has 0 aliphatic carbocycles. The molecule has 0 bridgehead atoms. The number of hydrogen-bond acceptors (Lipinski definition) is 7. The van der Waals surface area contributed by atoms with Crippen molar-refractivity contribution in [3.63, 3.8) is 0 Å². The number of piperazine rings is 1. The summed E-state index contributed by atoms with van der Waals surface area (Å²) >= 11 is 0. The van der Waals surface area contributed by atoms with Gasteiger partial charge in [-0.05, 0) is 35.7 Å². The van der Waals surface area contributed by atoms with Crippen LogP contribution in [0.4, 0.5) is 20.5 Å². The fourth-order valence-corrected chi connectivity index (χ4v) is 4.94. The molecule has 202 valence electrons. The van der Waals surface area contributed by atoms with Crippen LogP contribution in [-0.4, -0.2) is 54.6 Å². The number of carbonyl (C=O) groups excluding carboxylic acids is 1. The molecule has 4 aromatic rings. The number of hydrogen-bond donors (Lipinski definition) is 1. The van der Waals surface area contributed by atoms with Crippen LogP contribution in [0.5, 0.6) is 11.5 Å². The number of rotatable bonds is 7. The summed E-state index contributed by atoms with van der Waals surface area (Å²) in [6.07, 6.45) is 0.823. The van der Waals surface area contributed by atoms with E-state index < -0.39 is 5.82 Å². The van der Waals surface area contributed by atoms with Gasteiger partial charge in [0.15, 0.2) is 17.3 Å². The molecule has 1 saturated heterocycles. The zero-order chi connectivity index (χ0) is 27.5. The SMILES string of the molecule is COc1cc2c(N)nc(N3CCN(C(=O)CCc4ccc(F)cc4)C[C@@H]3c3ccccc3)nc2c(F)c1OC. The van der Waals surface area contributed by atoms with E-state index in [1.54, 1.807) is 18.2 Å². The van der Waals surface area contributed by atoms with Crippen LogP contribution in [0.15, 0.2) is 60.7 Å². The van der Waals surface area contributed by atoms with Crippen molar-refractivity contribution in [3.8, 4) is 11.5 Å². The molecule has 0 radical (unpaired) electrons. The van der Waals surface area contributed by atoms with Crippen molar-refractivity contribution in [1.82, 2.24) is 14.9 Å². The van der Waals surface area contributed by atoms with Gasteiger partial charge in [0.2, 0.25) is 11.9 Å². The summed E-state index contributed by atoms with van der Waals surface area (Å²) in [5.74, 6) is -0.487. The molecule has 1 aliphatic heterocycles. The Morgan fingerprint density at radius 3 is 2.46 bits per heavy atom. The lowest BCUT2D eigenvalue weighted by Gasteiger charge is -2.42. The van der Waals surface area contributed by atoms with Crippen molar-refractivity contribution in [3.05, 3.63) is 83.4 Å². The maximum absolute atomic E-state index is 15.4. The van der Waals surface area contributed by atoms with Gasteiger partial charge in [0, 0.05) is 31.4 Å². The van der Waals surface area contributed by atoms with Gasteiger partial charge >= 0.3 is 0 Å². The number of fused-ring (bicyclic) bond motifs is 1. The van der Waals surface area contributed by atoms with Gasteiger partial charge in [0.1, 0.15) is 17.2 Å². The fourth-order valence-electron chi connectivity index (χ4n) is 4.94. The molecule has 1 atom stereocenters. The summed E-state index contributed by atoms with van der Waals surface area (Å²) in [5, 5.41) is 0.319. The molecule has 1 aromatic heterocycles. The van der Waals surface area contributed by atoms with Crippen molar-refractivity contribution >= 4 is 28.6 Å². The maximum atomic E-state index is 15.4. The number of methoxy groups -OCH3 is 2. The van der Waals surface area contributed by atoms with Crippen molar-refractivity contribution in [1.29, 1.82) is 0 Å². The number of aromatic nitrogens is 2. The lowest BCUT2D eigenvalue weighted by molar-refractivity contribution is -0.132. The first-order chi connectivity index (χ1) is 18.9. The number of amides is 1. The monoisotopic (exact) mass is 533 g/mol. The second-order valence-corrected chi connectivity index (χ2v) is 9.32. The average Bonchev–Trinajstić information content (AvgIpc) is 2.97. The summed E-state index contributed by atoms with van der Waals surface area (Å²) in [4.78, 5) is 26.0. The van der Waals surface area contributed by atoms with Crippen molar-refractivity contribution in [2.24, 2.45) is 0 Å². The Balaban J connectivity index is 1.45. The topological polar surface area (TPSA) is 93.8 Å². The average molecular weight is 534 g/mol. The van der Waals surface area contributed by atoms with Gasteiger partial charge in [-0.3, -0.25) is 4.79 Å². The summed E-state index contributed by atoms with van der Waals surface area (Å²) in [7, 11) is 2.77. The molecule has 2 heterocycles. The van der Waals surface area contributed by atoms with Crippen LogP contribution in [0.2, 0.25) is 0 Å². The molecule has 39 heavy (non-hydrogen) atoms. The third kappa shape index (κ3) is 5.27. The minimum Gasteiger partial charge on any atom is -0.493 e. The highest BCUT2D eigenvalue weighted by Gasteiger charge is 2.33. The second-order valence-electron chi connectivity index (χ2n) is 9.32. The van der Waals surface area contributed by atoms with Gasteiger partial charge in [-0.2, -0.15) is 4.98 Å². The zero-order valence-electron chi connectivity index (χ0n) is 21.7. The Morgan fingerprint density at radius 1 is 1.03 bits per heavy atom. The highest BCUT2D eigenvalue weighted by molar-refractivity contribution is 5.92. The molecule has 0 spiro atoms. The molecule has 10 heteroatoms. The van der Waals surface area contributed by atoms with Crippen LogP contribution in [0.25, 0.3) is 10.9 Å². The lowest BCUT2D eigenvalue weighted by Crippen LogP contribution is -2.51. The molecule has 2 N–H and O–H groups in total. The van der Waals surface area contributed by atoms with E-state index in [2.05, 4.69) is 9.97 Å². The molecule has 0 saturated carbocycles. The van der Waals surface area contributed by atoms with Crippen LogP contribution in [0, 0.1) is 11.6 Å². The van der Waals surface area contributed by atoms with E-state index in [1.165, 1.54) is 26.4 Å². The highest BCUT2D eigenvalue weighted by atomic mass is 19.1. The van der Waals surface area contributed by atoms with Gasteiger partial charge in [0.05, 0.1) is 20.3 Å². The number of halogens is 2. The van der Waals surface area contributed by atoms with Crippen molar-refractivity contribution in [2.75, 3.05) is 44.5 Å². The number of nitrogen functional groups attached to an aromatic ring is 1. The first-order valence-electron chi connectivity index (χ1n) is 12.6. The Bertz CT molecular complexity index is 1480. The van der Waals surface area contributed by atoms with E-state index in [1.807, 2.05) is 40.1 Å². The van der Waals surface area contributed by atoms with E-state index in [0.717, 1.165) is 11.1 Å². The lowest BCUT2D eigenvalue weighted by atomic mass is 10.0. The molecule has 8 nitrogen and oxygen atoms in total. The van der Waals surface area contributed by atoms with Gasteiger partial charge in [-0.15, -0.1) is 0 Å². The first-order valence-corrected chi connectivity index (χ1v) is 12.6. The summed E-state index contributed by atoms with van der Waals surface area (Å²) < 4.78 is 39.1. The third-order valence-electron chi connectivity index (χ3n) is 7.01. The van der Waals surface area contributed by atoms with E-state index in [-0.39, 0.29) is 46.5 Å². The maximum Gasteiger partial charge on any atom is 0.228 e. The Kier molecular flexibility index (Phi) is 7.44. The number of ether oxygens (including phenoxy) is 2. The molecule has 3 aromatic carbocycles. The smallest absolute Gasteiger partial charge is 0.228 e. The third-order valence-corrected chi connectivity index (χ3v) is 7.01. The largest absolute Gasteiger partial charge is 0.493 e. The number of nitrogens with two attached hydrogens (primary N) is 1. The molecule has 1 aliphatic rings. The van der Waals surface area contributed by atoms with Crippen LogP contribution in [0.3, 0.4) is 0 Å². The predicted molar refractivity (Wildman–Crippen MR) is 145 cm³/mol. The zero-order valence-corrected chi connectivity index (χ0v) is 21.7. The number of carbonyl (C=O) groups is 1. The van der Waals surface area contributed by atoms with E-state index in [4.69, 9.17) is 15.2 Å². The first kappa shape index (κ1) is 26.1. The summed E-state index contributed by atoms with van der Waals surface area (Å²) in [5.41, 5.74) is 8.17. The highest BCUT2D eigenvalue weighted by Crippen LogP contribution is 2.38. The number of aryl methyl sites for hydroxylation is 1. The van der Waals surface area contributed by atoms with Crippen LogP contribution < -0.4 is 20.1 Å². The van der Waals surface area contributed by atoms with Gasteiger partial charge < -0.3 is 25.0 Å². The molecule has 0 unspecified atom stereocenters. The van der Waals surface area contributed by atoms with Crippen LogP contribution in [0.1, 0.15) is 23.6 Å². The number of anilines is 2. The van der Waals surface area contributed by atoms with Crippen molar-refractivity contribution in [2.45, 2.75) is 18.9 Å². The predicted octanol–water partition coefficient (Wildman–Crippen LogP) is 4.53. The summed E-state index contributed by atoms with van der Waals surface area (Å²) in [6.45, 7) is 1.24. The van der Waals surface area contributed by atoms with Crippen molar-refractivity contribution < 1.29 is 23.0 Å². The second kappa shape index (κ2) is 11.1. The van der Waals surface area contributed by atoms with Crippen LogP contribution >= 0.6 is 0 Å². The number of nitrogens with zero attached hydrogens (tertiary/aromatic N) is 4. The molecule has 5 rings (SSSR count). The Hall–Kier alpha value is -4.47. The fraction of sp³-hybridized carbons (Fsp3) is 0.276. The van der Waals surface area contributed by atoms with Crippen LogP contribution in [-0.2, 0) is 11.2 Å². The minimum absolute atomic E-state index is 0.00160. The van der Waals surface area contributed by atoms with E-state index >= 15 is 4.39 Å². The molecule has 1 amide bonds. The Labute approximate surface area is 225 Å². The standard InChI is InChI=1S/C29H29F2N5O3/c1-38-23-16-21-26(25(31)27(23)39-2)33-29(34-28(21)32)36-15-14-35(17-22(36)19-6-4-3-5-7-19)24(37)13-10-18-8-11-20(30)12-9-18/h3-9,11-12,16,22H,10,13-15,17H2,1-2H3,(H2,32,33,34)/t22-/m1/s1. The van der Waals surface area contributed by atoms with E-state index in [9.17, 15) is 9.18 Å². The minimum atomic E-state index is -0.687.